The van der Waals surface area contributed by atoms with Gasteiger partial charge in [0.2, 0.25) is 0 Å². The van der Waals surface area contributed by atoms with E-state index in [9.17, 15) is 23.9 Å². The average Bonchev–Trinajstić information content (AvgIpc) is 2.62. The van der Waals surface area contributed by atoms with Crippen LogP contribution in [0.15, 0.2) is 41.2 Å². The molecule has 1 aliphatic rings. The summed E-state index contributed by atoms with van der Waals surface area (Å²) >= 11 is 0. The number of carboxylic acids is 1. The molecule has 0 aliphatic carbocycles. The van der Waals surface area contributed by atoms with Crippen molar-refractivity contribution in [1.82, 2.24) is 14.7 Å². The molecule has 1 N–H and O–H groups in total. The second-order valence-corrected chi connectivity index (χ2v) is 5.77. The fraction of sp³-hybridized carbons (Fsp3) is 0.294. The maximum Gasteiger partial charge on any atom is 0.326 e. The van der Waals surface area contributed by atoms with Crippen molar-refractivity contribution in [2.75, 3.05) is 6.54 Å². The molecular weight excluding hydrogens is 329 g/mol. The van der Waals surface area contributed by atoms with Gasteiger partial charge in [-0.25, -0.2) is 9.18 Å². The van der Waals surface area contributed by atoms with Gasteiger partial charge in [0, 0.05) is 12.6 Å². The number of likely N-dealkylation sites (tertiary alicyclic amines) is 1. The molecule has 25 heavy (non-hydrogen) atoms. The Kier molecular flexibility index (Phi) is 4.60. The number of benzene rings is 1. The zero-order valence-electron chi connectivity index (χ0n) is 13.3. The van der Waals surface area contributed by atoms with Gasteiger partial charge in [0.25, 0.3) is 11.5 Å². The van der Waals surface area contributed by atoms with Crippen molar-refractivity contribution in [3.05, 3.63) is 58.3 Å². The summed E-state index contributed by atoms with van der Waals surface area (Å²) in [5.74, 6) is -2.31. The van der Waals surface area contributed by atoms with Crippen molar-refractivity contribution in [2.45, 2.75) is 25.3 Å². The number of rotatable bonds is 3. The van der Waals surface area contributed by atoms with Crippen molar-refractivity contribution in [3.8, 4) is 5.69 Å². The molecule has 0 bridgehead atoms. The fourth-order valence-corrected chi connectivity index (χ4v) is 2.90. The molecule has 0 saturated carbocycles. The van der Waals surface area contributed by atoms with Crippen LogP contribution < -0.4 is 5.56 Å². The molecule has 3 rings (SSSR count). The molecule has 1 fully saturated rings. The van der Waals surface area contributed by atoms with Crippen LogP contribution in [0.5, 0.6) is 0 Å². The highest BCUT2D eigenvalue weighted by Crippen LogP contribution is 2.19. The van der Waals surface area contributed by atoms with Gasteiger partial charge in [-0.05, 0) is 37.5 Å². The number of aromatic nitrogens is 2. The Labute approximate surface area is 142 Å². The number of halogens is 1. The van der Waals surface area contributed by atoms with Crippen molar-refractivity contribution < 1.29 is 19.1 Å². The van der Waals surface area contributed by atoms with Crippen LogP contribution in [-0.4, -0.2) is 44.3 Å². The largest absolute Gasteiger partial charge is 0.480 e. The summed E-state index contributed by atoms with van der Waals surface area (Å²) in [6.45, 7) is 0.302. The van der Waals surface area contributed by atoms with Gasteiger partial charge in [-0.2, -0.15) is 9.78 Å². The Bertz CT molecular complexity index is 880. The van der Waals surface area contributed by atoms with Crippen molar-refractivity contribution in [1.29, 1.82) is 0 Å². The van der Waals surface area contributed by atoms with Crippen LogP contribution in [0.25, 0.3) is 5.69 Å². The molecule has 1 saturated heterocycles. The molecule has 1 aliphatic heterocycles. The number of carboxylic acid groups (broad SMARTS) is 1. The highest BCUT2D eigenvalue weighted by Gasteiger charge is 2.33. The van der Waals surface area contributed by atoms with Crippen molar-refractivity contribution in [2.24, 2.45) is 0 Å². The molecule has 1 aromatic carbocycles. The van der Waals surface area contributed by atoms with Gasteiger partial charge < -0.3 is 10.0 Å². The summed E-state index contributed by atoms with van der Waals surface area (Å²) in [5.41, 5.74) is -0.762. The minimum absolute atomic E-state index is 0.0735. The molecule has 8 heteroatoms. The fourth-order valence-electron chi connectivity index (χ4n) is 2.90. The summed E-state index contributed by atoms with van der Waals surface area (Å²) in [5, 5.41) is 13.3. The van der Waals surface area contributed by atoms with E-state index in [1.807, 2.05) is 0 Å². The Morgan fingerprint density at radius 1 is 1.16 bits per heavy atom. The predicted octanol–water partition coefficient (Wildman–Crippen LogP) is 1.45. The lowest BCUT2D eigenvalue weighted by molar-refractivity contribution is -0.143. The Hall–Kier alpha value is -3.03. The van der Waals surface area contributed by atoms with Crippen LogP contribution in [0.1, 0.15) is 29.8 Å². The topological polar surface area (TPSA) is 92.5 Å². The van der Waals surface area contributed by atoms with E-state index in [2.05, 4.69) is 5.10 Å². The second-order valence-electron chi connectivity index (χ2n) is 5.77. The van der Waals surface area contributed by atoms with E-state index in [-0.39, 0.29) is 11.4 Å². The quantitative estimate of drug-likeness (QED) is 0.909. The highest BCUT2D eigenvalue weighted by molar-refractivity contribution is 5.95. The smallest absolute Gasteiger partial charge is 0.326 e. The molecule has 2 heterocycles. The van der Waals surface area contributed by atoms with Gasteiger partial charge >= 0.3 is 5.97 Å². The standard InChI is InChI=1S/C17H16FN3O4/c18-11-5-1-2-6-13(11)21-15(22)9-8-12(19-21)16(23)20-10-4-3-7-14(20)17(24)25/h1-2,5-6,8-9,14H,3-4,7,10H2,(H,24,25). The summed E-state index contributed by atoms with van der Waals surface area (Å²) in [4.78, 5) is 37.3. The zero-order chi connectivity index (χ0) is 18.0. The van der Waals surface area contributed by atoms with E-state index in [0.29, 0.717) is 19.4 Å². The van der Waals surface area contributed by atoms with E-state index >= 15 is 0 Å². The van der Waals surface area contributed by atoms with E-state index in [0.717, 1.165) is 17.2 Å². The van der Waals surface area contributed by atoms with Gasteiger partial charge in [0.1, 0.15) is 23.2 Å². The first kappa shape index (κ1) is 16.8. The zero-order valence-corrected chi connectivity index (χ0v) is 13.3. The minimum atomic E-state index is -1.07. The monoisotopic (exact) mass is 345 g/mol. The Morgan fingerprint density at radius 2 is 1.92 bits per heavy atom. The van der Waals surface area contributed by atoms with E-state index in [4.69, 9.17) is 0 Å². The molecule has 1 unspecified atom stereocenters. The predicted molar refractivity (Wildman–Crippen MR) is 86.1 cm³/mol. The SMILES string of the molecule is O=C(O)C1CCCCN1C(=O)c1ccc(=O)n(-c2ccccc2F)n1. The maximum atomic E-state index is 13.9. The van der Waals surface area contributed by atoms with Gasteiger partial charge in [0.15, 0.2) is 0 Å². The van der Waals surface area contributed by atoms with Crippen molar-refractivity contribution in [3.63, 3.8) is 0 Å². The molecule has 0 radical (unpaired) electrons. The third kappa shape index (κ3) is 3.28. The second kappa shape index (κ2) is 6.84. The maximum absolute atomic E-state index is 13.9. The summed E-state index contributed by atoms with van der Waals surface area (Å²) in [6.07, 6.45) is 1.79. The normalized spacial score (nSPS) is 17.3. The number of carbonyl (C=O) groups is 2. The van der Waals surface area contributed by atoms with E-state index < -0.39 is 29.3 Å². The van der Waals surface area contributed by atoms with E-state index in [1.165, 1.54) is 29.2 Å². The minimum Gasteiger partial charge on any atom is -0.480 e. The van der Waals surface area contributed by atoms with Crippen LogP contribution >= 0.6 is 0 Å². The summed E-state index contributed by atoms with van der Waals surface area (Å²) < 4.78 is 14.7. The van der Waals surface area contributed by atoms with Gasteiger partial charge in [0.05, 0.1) is 0 Å². The Morgan fingerprint density at radius 3 is 2.64 bits per heavy atom. The molecule has 1 atom stereocenters. The number of piperidine rings is 1. The number of aliphatic carboxylic acids is 1. The van der Waals surface area contributed by atoms with Crippen LogP contribution in [0, 0.1) is 5.82 Å². The molecule has 130 valence electrons. The molecule has 7 nitrogen and oxygen atoms in total. The molecule has 1 aromatic heterocycles. The lowest BCUT2D eigenvalue weighted by atomic mass is 10.0. The first-order chi connectivity index (χ1) is 12.0. The molecule has 2 aromatic rings. The Balaban J connectivity index is 1.99. The van der Waals surface area contributed by atoms with Crippen LogP contribution in [0.4, 0.5) is 4.39 Å². The lowest BCUT2D eigenvalue weighted by Crippen LogP contribution is -2.48. The highest BCUT2D eigenvalue weighted by atomic mass is 19.1. The molecular formula is C17H16FN3O4. The third-order valence-electron chi connectivity index (χ3n) is 4.15. The van der Waals surface area contributed by atoms with Gasteiger partial charge in [-0.15, -0.1) is 0 Å². The van der Waals surface area contributed by atoms with Crippen molar-refractivity contribution >= 4 is 11.9 Å². The number of hydrogen-bond acceptors (Lipinski definition) is 4. The van der Waals surface area contributed by atoms with Crippen LogP contribution in [0.3, 0.4) is 0 Å². The third-order valence-corrected chi connectivity index (χ3v) is 4.15. The number of para-hydroxylation sites is 1. The number of amides is 1. The molecule has 1 amide bonds. The lowest BCUT2D eigenvalue weighted by Gasteiger charge is -2.32. The average molecular weight is 345 g/mol. The molecule has 0 spiro atoms. The summed E-state index contributed by atoms with van der Waals surface area (Å²) in [6, 6.07) is 7.01. The van der Waals surface area contributed by atoms with E-state index in [1.54, 1.807) is 6.07 Å². The first-order valence-corrected chi connectivity index (χ1v) is 7.88. The number of hydrogen-bond donors (Lipinski definition) is 1. The summed E-state index contributed by atoms with van der Waals surface area (Å²) in [7, 11) is 0. The van der Waals surface area contributed by atoms with Crippen LogP contribution in [-0.2, 0) is 4.79 Å². The first-order valence-electron chi connectivity index (χ1n) is 7.88. The van der Waals surface area contributed by atoms with Gasteiger partial charge in [-0.1, -0.05) is 12.1 Å². The van der Waals surface area contributed by atoms with Crippen LogP contribution in [0.2, 0.25) is 0 Å². The number of carbonyl (C=O) groups excluding carboxylic acids is 1. The number of nitrogens with zero attached hydrogens (tertiary/aromatic N) is 3. The van der Waals surface area contributed by atoms with Gasteiger partial charge in [-0.3, -0.25) is 9.59 Å².